The molecule has 0 unspecified atom stereocenters. The van der Waals surface area contributed by atoms with Crippen LogP contribution in [0.1, 0.15) is 17.9 Å². The molecule has 0 bridgehead atoms. The van der Waals surface area contributed by atoms with E-state index in [1.54, 1.807) is 19.4 Å². The fraction of sp³-hybridized carbons (Fsp3) is 0.500. The van der Waals surface area contributed by atoms with Crippen LogP contribution >= 0.6 is 0 Å². The number of hydrogen-bond donors (Lipinski definition) is 0. The quantitative estimate of drug-likeness (QED) is 0.730. The van der Waals surface area contributed by atoms with Gasteiger partial charge in [0, 0.05) is 38.4 Å². The van der Waals surface area contributed by atoms with E-state index in [-0.39, 0.29) is 23.1 Å². The molecule has 1 aliphatic heterocycles. The van der Waals surface area contributed by atoms with Crippen molar-refractivity contribution in [3.63, 3.8) is 0 Å². The summed E-state index contributed by atoms with van der Waals surface area (Å²) in [4.78, 5) is 26.0. The second-order valence-electron chi connectivity index (χ2n) is 6.42. The van der Waals surface area contributed by atoms with Gasteiger partial charge in [-0.05, 0) is 18.6 Å². The highest BCUT2D eigenvalue weighted by Crippen LogP contribution is 2.22. The molecule has 0 radical (unpaired) electrons. The summed E-state index contributed by atoms with van der Waals surface area (Å²) >= 11 is 0. The molecule has 1 fully saturated rings. The van der Waals surface area contributed by atoms with Crippen LogP contribution in [0.25, 0.3) is 0 Å². The lowest BCUT2D eigenvalue weighted by Crippen LogP contribution is -2.41. The van der Waals surface area contributed by atoms with Crippen LogP contribution in [0.5, 0.6) is 0 Å². The molecule has 1 saturated heterocycles. The van der Waals surface area contributed by atoms with Crippen molar-refractivity contribution in [3.8, 4) is 0 Å². The summed E-state index contributed by atoms with van der Waals surface area (Å²) < 4.78 is 31.6. The Morgan fingerprint density at radius 1 is 1.24 bits per heavy atom. The average molecular weight is 367 g/mol. The minimum atomic E-state index is -3.05. The van der Waals surface area contributed by atoms with Crippen LogP contribution < -0.4 is 11.2 Å². The molecule has 136 valence electrons. The van der Waals surface area contributed by atoms with Crippen LogP contribution in [-0.4, -0.2) is 40.0 Å². The predicted molar refractivity (Wildman–Crippen MR) is 91.9 cm³/mol. The van der Waals surface area contributed by atoms with Crippen molar-refractivity contribution in [1.29, 1.82) is 0 Å². The van der Waals surface area contributed by atoms with E-state index in [0.29, 0.717) is 31.0 Å². The maximum Gasteiger partial charge on any atom is 0.330 e. The zero-order chi connectivity index (χ0) is 18.2. The van der Waals surface area contributed by atoms with Gasteiger partial charge in [-0.2, -0.15) is 0 Å². The van der Waals surface area contributed by atoms with Crippen molar-refractivity contribution in [2.24, 2.45) is 14.1 Å². The van der Waals surface area contributed by atoms with Crippen molar-refractivity contribution in [3.05, 3.63) is 56.8 Å². The molecule has 3 heterocycles. The summed E-state index contributed by atoms with van der Waals surface area (Å²) in [6.07, 6.45) is 2.09. The van der Waals surface area contributed by atoms with Crippen LogP contribution in [0.3, 0.4) is 0 Å². The normalized spacial score (nSPS) is 19.6. The number of sulfone groups is 1. The van der Waals surface area contributed by atoms with E-state index in [1.165, 1.54) is 17.7 Å². The molecule has 0 aromatic carbocycles. The molecular weight excluding hydrogens is 346 g/mol. The van der Waals surface area contributed by atoms with Crippen molar-refractivity contribution in [2.45, 2.75) is 25.6 Å². The number of hydrogen-bond acceptors (Lipinski definition) is 6. The summed E-state index contributed by atoms with van der Waals surface area (Å²) in [6.45, 7) is 0.708. The van der Waals surface area contributed by atoms with E-state index in [9.17, 15) is 18.0 Å². The van der Waals surface area contributed by atoms with Crippen molar-refractivity contribution in [2.75, 3.05) is 11.5 Å². The van der Waals surface area contributed by atoms with E-state index in [0.717, 1.165) is 4.57 Å². The maximum absolute atomic E-state index is 12.1. The molecule has 1 atom stereocenters. The summed E-state index contributed by atoms with van der Waals surface area (Å²) in [7, 11) is -0.0176. The minimum Gasteiger partial charge on any atom is -0.468 e. The average Bonchev–Trinajstić information content (AvgIpc) is 3.19. The first kappa shape index (κ1) is 17.7. The van der Waals surface area contributed by atoms with Gasteiger partial charge in [0.1, 0.15) is 5.76 Å². The van der Waals surface area contributed by atoms with Crippen LogP contribution in [-0.2, 0) is 37.0 Å². The standard InChI is InChI=1S/C16H21N3O5S/c1-17-13(8-15(20)18(2)16(17)21)9-19(10-14-4-3-6-24-14)12-5-7-25(22,23)11-12/h3-4,6,8,12H,5,7,9-11H2,1-2H3/t12-/m0/s1. The molecular formula is C16H21N3O5S. The van der Waals surface area contributed by atoms with E-state index < -0.39 is 15.5 Å². The zero-order valence-electron chi connectivity index (χ0n) is 14.2. The van der Waals surface area contributed by atoms with Crippen molar-refractivity contribution < 1.29 is 12.8 Å². The Bertz CT molecular complexity index is 972. The molecule has 0 spiro atoms. The van der Waals surface area contributed by atoms with Gasteiger partial charge in [-0.1, -0.05) is 0 Å². The minimum absolute atomic E-state index is 0.0759. The van der Waals surface area contributed by atoms with Crippen LogP contribution in [0.2, 0.25) is 0 Å². The Hall–Kier alpha value is -2.13. The molecule has 0 saturated carbocycles. The van der Waals surface area contributed by atoms with Gasteiger partial charge in [-0.15, -0.1) is 0 Å². The second kappa shape index (κ2) is 6.64. The first-order valence-corrected chi connectivity index (χ1v) is 9.82. The van der Waals surface area contributed by atoms with Gasteiger partial charge in [0.25, 0.3) is 5.56 Å². The van der Waals surface area contributed by atoms with E-state index in [1.807, 2.05) is 11.0 Å². The van der Waals surface area contributed by atoms with Crippen LogP contribution in [0.15, 0.2) is 38.5 Å². The SMILES string of the molecule is Cn1c(CN(Cc2ccco2)[C@H]2CCS(=O)(=O)C2)cc(=O)n(C)c1=O. The Morgan fingerprint density at radius 2 is 2.00 bits per heavy atom. The number of furan rings is 1. The third kappa shape index (κ3) is 3.77. The Labute approximate surface area is 145 Å². The fourth-order valence-electron chi connectivity index (χ4n) is 3.12. The summed E-state index contributed by atoms with van der Waals surface area (Å²) in [5.41, 5.74) is -0.237. The molecule has 3 rings (SSSR count). The summed E-state index contributed by atoms with van der Waals surface area (Å²) in [5.74, 6) is 0.937. The lowest BCUT2D eigenvalue weighted by atomic mass is 10.2. The molecule has 2 aromatic heterocycles. The lowest BCUT2D eigenvalue weighted by molar-refractivity contribution is 0.174. The van der Waals surface area contributed by atoms with Gasteiger partial charge in [0.05, 0.1) is 24.3 Å². The maximum atomic E-state index is 12.1. The molecule has 0 N–H and O–H groups in total. The van der Waals surface area contributed by atoms with Gasteiger partial charge < -0.3 is 4.42 Å². The number of aromatic nitrogens is 2. The fourth-order valence-corrected chi connectivity index (χ4v) is 4.88. The van der Waals surface area contributed by atoms with Gasteiger partial charge >= 0.3 is 5.69 Å². The van der Waals surface area contributed by atoms with Gasteiger partial charge in [0.15, 0.2) is 9.84 Å². The van der Waals surface area contributed by atoms with E-state index in [4.69, 9.17) is 4.42 Å². The Morgan fingerprint density at radius 3 is 2.60 bits per heavy atom. The molecule has 9 heteroatoms. The lowest BCUT2D eigenvalue weighted by Gasteiger charge is -2.27. The van der Waals surface area contributed by atoms with Crippen LogP contribution in [0.4, 0.5) is 0 Å². The van der Waals surface area contributed by atoms with Gasteiger partial charge in [0.2, 0.25) is 0 Å². The third-order valence-corrected chi connectivity index (χ3v) is 6.40. The molecule has 25 heavy (non-hydrogen) atoms. The van der Waals surface area contributed by atoms with Gasteiger partial charge in [-0.3, -0.25) is 18.8 Å². The second-order valence-corrected chi connectivity index (χ2v) is 8.64. The largest absolute Gasteiger partial charge is 0.468 e. The Kier molecular flexibility index (Phi) is 4.70. The van der Waals surface area contributed by atoms with Crippen LogP contribution in [0, 0.1) is 0 Å². The van der Waals surface area contributed by atoms with Gasteiger partial charge in [-0.25, -0.2) is 13.2 Å². The smallest absolute Gasteiger partial charge is 0.330 e. The predicted octanol–water partition coefficient (Wildman–Crippen LogP) is -0.134. The number of nitrogens with zero attached hydrogens (tertiary/aromatic N) is 3. The van der Waals surface area contributed by atoms with Crippen molar-refractivity contribution >= 4 is 9.84 Å². The molecule has 8 nitrogen and oxygen atoms in total. The molecule has 2 aromatic rings. The van der Waals surface area contributed by atoms with Crippen molar-refractivity contribution in [1.82, 2.24) is 14.0 Å². The molecule has 0 aliphatic carbocycles. The Balaban J connectivity index is 1.93. The first-order chi connectivity index (χ1) is 11.8. The topological polar surface area (TPSA) is 94.5 Å². The monoisotopic (exact) mass is 367 g/mol. The van der Waals surface area contributed by atoms with E-state index in [2.05, 4.69) is 0 Å². The summed E-state index contributed by atoms with van der Waals surface area (Å²) in [5, 5.41) is 0. The zero-order valence-corrected chi connectivity index (χ0v) is 15.0. The highest BCUT2D eigenvalue weighted by atomic mass is 32.2. The highest BCUT2D eigenvalue weighted by Gasteiger charge is 2.33. The first-order valence-electron chi connectivity index (χ1n) is 7.99. The molecule has 1 aliphatic rings. The third-order valence-electron chi connectivity index (χ3n) is 4.65. The number of rotatable bonds is 5. The highest BCUT2D eigenvalue weighted by molar-refractivity contribution is 7.91. The van der Waals surface area contributed by atoms with E-state index >= 15 is 0 Å². The summed E-state index contributed by atoms with van der Waals surface area (Å²) in [6, 6.07) is 4.83. The molecule has 0 amide bonds.